The zero-order valence-corrected chi connectivity index (χ0v) is 20.9. The van der Waals surface area contributed by atoms with Crippen LogP contribution in [0.3, 0.4) is 0 Å². The molecule has 3 nitrogen and oxygen atoms in total. The predicted octanol–water partition coefficient (Wildman–Crippen LogP) is 7.39. The highest BCUT2D eigenvalue weighted by Crippen LogP contribution is 2.53. The van der Waals surface area contributed by atoms with E-state index in [1.54, 1.807) is 6.07 Å². The van der Waals surface area contributed by atoms with Crippen LogP contribution < -0.4 is 0 Å². The normalized spacial score (nSPS) is 31.8. The van der Waals surface area contributed by atoms with Gasteiger partial charge in [0.25, 0.3) is 0 Å². The summed E-state index contributed by atoms with van der Waals surface area (Å²) < 4.78 is 4.99. The number of ether oxygens (including phenoxy) is 1. The number of rotatable bonds is 5. The Morgan fingerprint density at radius 3 is 1.77 bits per heavy atom. The van der Waals surface area contributed by atoms with Crippen LogP contribution in [-0.2, 0) is 15.6 Å². The van der Waals surface area contributed by atoms with E-state index in [1.165, 1.54) is 38.4 Å². The molecule has 3 rings (SSSR count). The van der Waals surface area contributed by atoms with Crippen molar-refractivity contribution >= 4 is 5.97 Å². The molecule has 2 fully saturated rings. The van der Waals surface area contributed by atoms with Crippen molar-refractivity contribution < 1.29 is 14.6 Å². The predicted molar refractivity (Wildman–Crippen MR) is 128 cm³/mol. The van der Waals surface area contributed by atoms with E-state index in [1.807, 2.05) is 0 Å². The molecule has 0 spiro atoms. The molecule has 0 atom stereocenters. The highest BCUT2D eigenvalue weighted by Gasteiger charge is 2.43. The molecular weight excluding hydrogens is 384 g/mol. The lowest BCUT2D eigenvalue weighted by molar-refractivity contribution is 0.0596. The molecule has 3 heteroatoms. The summed E-state index contributed by atoms with van der Waals surface area (Å²) in [5.41, 5.74) is 2.55. The molecule has 0 amide bonds. The first-order valence-corrected chi connectivity index (χ1v) is 12.5. The highest BCUT2D eigenvalue weighted by molar-refractivity contribution is 5.93. The molecule has 0 heterocycles. The standard InChI is InChI=1S/C28H44O3/c1-18(2)20-10-14-27(5,15-11-20)23-9-8-22(26(30)31-7)25(29)24(23)28(6)16-12-21(13-17-28)19(3)4/h8-9,18-21,29H,10-17H2,1-7H3. The van der Waals surface area contributed by atoms with E-state index in [2.05, 4.69) is 47.6 Å². The van der Waals surface area contributed by atoms with Gasteiger partial charge in [-0.25, -0.2) is 4.79 Å². The molecule has 0 unspecified atom stereocenters. The summed E-state index contributed by atoms with van der Waals surface area (Å²) in [6, 6.07) is 3.93. The Labute approximate surface area is 190 Å². The zero-order valence-electron chi connectivity index (χ0n) is 20.9. The van der Waals surface area contributed by atoms with E-state index < -0.39 is 5.97 Å². The summed E-state index contributed by atoms with van der Waals surface area (Å²) in [6.07, 6.45) is 9.24. The van der Waals surface area contributed by atoms with Gasteiger partial charge in [-0.1, -0.05) is 47.6 Å². The monoisotopic (exact) mass is 428 g/mol. The van der Waals surface area contributed by atoms with Crippen LogP contribution in [0.1, 0.15) is 114 Å². The van der Waals surface area contributed by atoms with Gasteiger partial charge in [-0.2, -0.15) is 0 Å². The van der Waals surface area contributed by atoms with Gasteiger partial charge in [-0.3, -0.25) is 0 Å². The SMILES string of the molecule is COC(=O)c1ccc(C2(C)CCC(C(C)C)CC2)c(C2(C)CCC(C(C)C)CC2)c1O. The average molecular weight is 429 g/mol. The Morgan fingerprint density at radius 2 is 1.35 bits per heavy atom. The number of hydrogen-bond acceptors (Lipinski definition) is 3. The molecule has 174 valence electrons. The van der Waals surface area contributed by atoms with Gasteiger partial charge in [-0.15, -0.1) is 0 Å². The van der Waals surface area contributed by atoms with Crippen LogP contribution in [0.5, 0.6) is 5.75 Å². The number of carbonyl (C=O) groups excluding carboxylic acids is 1. The highest BCUT2D eigenvalue weighted by atomic mass is 16.5. The molecule has 0 bridgehead atoms. The summed E-state index contributed by atoms with van der Waals surface area (Å²) in [6.45, 7) is 14.0. The number of phenols is 1. The van der Waals surface area contributed by atoms with E-state index in [0.717, 1.165) is 49.0 Å². The van der Waals surface area contributed by atoms with Crippen LogP contribution in [0.15, 0.2) is 12.1 Å². The van der Waals surface area contributed by atoms with Crippen molar-refractivity contribution in [1.82, 2.24) is 0 Å². The van der Waals surface area contributed by atoms with Crippen LogP contribution in [0.4, 0.5) is 0 Å². The summed E-state index contributed by atoms with van der Waals surface area (Å²) in [5, 5.41) is 11.4. The van der Waals surface area contributed by atoms with Gasteiger partial charge in [0.2, 0.25) is 0 Å². The van der Waals surface area contributed by atoms with Gasteiger partial charge in [0, 0.05) is 5.56 Å². The van der Waals surface area contributed by atoms with Crippen LogP contribution in [0.2, 0.25) is 0 Å². The number of esters is 1. The molecule has 2 aliphatic rings. The molecule has 0 aromatic heterocycles. The fraction of sp³-hybridized carbons (Fsp3) is 0.750. The van der Waals surface area contributed by atoms with E-state index >= 15 is 0 Å². The molecule has 1 aromatic carbocycles. The number of hydrogen-bond donors (Lipinski definition) is 1. The molecule has 2 saturated carbocycles. The van der Waals surface area contributed by atoms with Crippen LogP contribution in [0, 0.1) is 23.7 Å². The molecule has 0 saturated heterocycles. The van der Waals surface area contributed by atoms with E-state index in [9.17, 15) is 9.90 Å². The lowest BCUT2D eigenvalue weighted by Gasteiger charge is -2.45. The molecule has 2 aliphatic carbocycles. The maximum Gasteiger partial charge on any atom is 0.341 e. The average Bonchev–Trinajstić information content (AvgIpc) is 2.73. The Kier molecular flexibility index (Phi) is 7.13. The van der Waals surface area contributed by atoms with E-state index in [-0.39, 0.29) is 16.6 Å². The number of aromatic hydroxyl groups is 1. The topological polar surface area (TPSA) is 46.5 Å². The molecule has 31 heavy (non-hydrogen) atoms. The first-order chi connectivity index (χ1) is 14.5. The summed E-state index contributed by atoms with van der Waals surface area (Å²) in [5.74, 6) is 2.68. The van der Waals surface area contributed by atoms with Crippen LogP contribution in [0.25, 0.3) is 0 Å². The summed E-state index contributed by atoms with van der Waals surface area (Å²) in [7, 11) is 1.39. The second-order valence-electron chi connectivity index (χ2n) is 11.7. The van der Waals surface area contributed by atoms with Crippen molar-refractivity contribution in [3.8, 4) is 5.75 Å². The van der Waals surface area contributed by atoms with E-state index in [0.29, 0.717) is 11.5 Å². The fourth-order valence-corrected chi connectivity index (χ4v) is 6.39. The van der Waals surface area contributed by atoms with Gasteiger partial charge in [-0.05, 0) is 97.5 Å². The summed E-state index contributed by atoms with van der Waals surface area (Å²) >= 11 is 0. The third-order valence-corrected chi connectivity index (χ3v) is 8.99. The zero-order chi connectivity index (χ0) is 23.0. The summed E-state index contributed by atoms with van der Waals surface area (Å²) in [4.78, 5) is 12.4. The molecule has 1 aromatic rings. The number of phenolic OH excluding ortho intramolecular Hbond substituents is 1. The Balaban J connectivity index is 2.04. The van der Waals surface area contributed by atoms with Gasteiger partial charge in [0.15, 0.2) is 0 Å². The van der Waals surface area contributed by atoms with Crippen molar-refractivity contribution in [3.05, 3.63) is 28.8 Å². The minimum Gasteiger partial charge on any atom is -0.507 e. The number of benzene rings is 1. The Hall–Kier alpha value is -1.51. The van der Waals surface area contributed by atoms with Crippen molar-refractivity contribution in [3.63, 3.8) is 0 Å². The third-order valence-electron chi connectivity index (χ3n) is 8.99. The minimum atomic E-state index is -0.446. The lowest BCUT2D eigenvalue weighted by Crippen LogP contribution is -2.37. The largest absolute Gasteiger partial charge is 0.507 e. The second kappa shape index (κ2) is 9.16. The third kappa shape index (κ3) is 4.66. The van der Waals surface area contributed by atoms with E-state index in [4.69, 9.17) is 4.74 Å². The van der Waals surface area contributed by atoms with Gasteiger partial charge in [0.1, 0.15) is 11.3 Å². The van der Waals surface area contributed by atoms with Gasteiger partial charge >= 0.3 is 5.97 Å². The van der Waals surface area contributed by atoms with Gasteiger partial charge < -0.3 is 9.84 Å². The smallest absolute Gasteiger partial charge is 0.341 e. The Bertz CT molecular complexity index is 776. The quantitative estimate of drug-likeness (QED) is 0.497. The maximum absolute atomic E-state index is 12.4. The number of methoxy groups -OCH3 is 1. The Morgan fingerprint density at radius 1 is 0.903 bits per heavy atom. The van der Waals surface area contributed by atoms with Crippen LogP contribution in [-0.4, -0.2) is 18.2 Å². The number of carbonyl (C=O) groups is 1. The van der Waals surface area contributed by atoms with Crippen molar-refractivity contribution in [1.29, 1.82) is 0 Å². The van der Waals surface area contributed by atoms with Crippen molar-refractivity contribution in [2.75, 3.05) is 7.11 Å². The minimum absolute atomic E-state index is 0.0464. The van der Waals surface area contributed by atoms with Crippen molar-refractivity contribution in [2.45, 2.75) is 104 Å². The fourth-order valence-electron chi connectivity index (χ4n) is 6.39. The molecule has 0 aliphatic heterocycles. The first kappa shape index (κ1) is 24.1. The van der Waals surface area contributed by atoms with Crippen LogP contribution >= 0.6 is 0 Å². The van der Waals surface area contributed by atoms with Crippen molar-refractivity contribution in [2.24, 2.45) is 23.7 Å². The maximum atomic E-state index is 12.4. The van der Waals surface area contributed by atoms with Gasteiger partial charge in [0.05, 0.1) is 7.11 Å². The molecular formula is C28H44O3. The second-order valence-corrected chi connectivity index (χ2v) is 11.7. The lowest BCUT2D eigenvalue weighted by atomic mass is 9.59. The first-order valence-electron chi connectivity index (χ1n) is 12.5. The molecule has 1 N–H and O–H groups in total. The molecule has 0 radical (unpaired) electrons.